The minimum atomic E-state index is 0.480. The molecule has 0 aliphatic heterocycles. The molecule has 0 aliphatic rings. The van der Waals surface area contributed by atoms with Crippen molar-refractivity contribution < 1.29 is 9.15 Å². The molecule has 5 heteroatoms. The normalized spacial score (nSPS) is 10.4. The monoisotopic (exact) mass is 356 g/mol. The molecule has 2 aromatic carbocycles. The maximum atomic E-state index is 5.72. The lowest BCUT2D eigenvalue weighted by molar-refractivity contribution is 0.363. The van der Waals surface area contributed by atoms with E-state index < -0.39 is 0 Å². The molecule has 0 unspecified atom stereocenters. The van der Waals surface area contributed by atoms with E-state index in [0.29, 0.717) is 18.4 Å². The van der Waals surface area contributed by atoms with Crippen molar-refractivity contribution in [1.29, 1.82) is 0 Å². The zero-order valence-corrected chi connectivity index (χ0v) is 13.3. The summed E-state index contributed by atoms with van der Waals surface area (Å²) in [5.41, 5.74) is 1.73. The largest absolute Gasteiger partial charge is 0.490 e. The van der Waals surface area contributed by atoms with Crippen LogP contribution in [0.3, 0.4) is 0 Å². The first-order valence-electron chi connectivity index (χ1n) is 6.70. The van der Waals surface area contributed by atoms with Gasteiger partial charge >= 0.3 is 0 Å². The Bertz CT molecular complexity index is 764. The summed E-state index contributed by atoms with van der Waals surface area (Å²) in [5, 5.41) is 8.18. The van der Waals surface area contributed by atoms with Crippen LogP contribution in [0.25, 0.3) is 22.9 Å². The Kier molecular flexibility index (Phi) is 4.34. The number of halogens is 1. The fraction of sp³-hybridized carbons (Fsp3) is 0.0588. The highest BCUT2D eigenvalue weighted by Gasteiger charge is 2.10. The van der Waals surface area contributed by atoms with E-state index in [2.05, 4.69) is 32.7 Å². The molecule has 0 aliphatic carbocycles. The van der Waals surface area contributed by atoms with Gasteiger partial charge in [-0.05, 0) is 48.5 Å². The zero-order chi connectivity index (χ0) is 15.4. The molecule has 0 saturated carbocycles. The summed E-state index contributed by atoms with van der Waals surface area (Å²) in [4.78, 5) is 0. The summed E-state index contributed by atoms with van der Waals surface area (Å²) in [6.45, 7) is 4.10. The lowest BCUT2D eigenvalue weighted by Gasteiger charge is -2.02. The van der Waals surface area contributed by atoms with Gasteiger partial charge in [-0.3, -0.25) is 0 Å². The number of ether oxygens (including phenoxy) is 1. The van der Waals surface area contributed by atoms with Crippen LogP contribution >= 0.6 is 15.9 Å². The summed E-state index contributed by atoms with van der Waals surface area (Å²) in [7, 11) is 0. The van der Waals surface area contributed by atoms with Gasteiger partial charge in [0, 0.05) is 15.6 Å². The van der Waals surface area contributed by atoms with E-state index in [4.69, 9.17) is 9.15 Å². The van der Waals surface area contributed by atoms with E-state index in [1.807, 2.05) is 48.5 Å². The van der Waals surface area contributed by atoms with Crippen molar-refractivity contribution in [1.82, 2.24) is 10.2 Å². The smallest absolute Gasteiger partial charge is 0.248 e. The van der Waals surface area contributed by atoms with Crippen LogP contribution < -0.4 is 4.74 Å². The van der Waals surface area contributed by atoms with Crippen molar-refractivity contribution in [3.05, 3.63) is 65.7 Å². The summed E-state index contributed by atoms with van der Waals surface area (Å²) in [5.74, 6) is 1.75. The number of hydrogen-bond donors (Lipinski definition) is 0. The van der Waals surface area contributed by atoms with Crippen molar-refractivity contribution in [3.63, 3.8) is 0 Å². The van der Waals surface area contributed by atoms with Gasteiger partial charge in [0.2, 0.25) is 11.8 Å². The topological polar surface area (TPSA) is 48.2 Å². The molecular formula is C17H13BrN2O2. The molecule has 0 bridgehead atoms. The van der Waals surface area contributed by atoms with Gasteiger partial charge in [0.05, 0.1) is 0 Å². The van der Waals surface area contributed by atoms with Crippen molar-refractivity contribution in [2.24, 2.45) is 0 Å². The third-order valence-corrected chi connectivity index (χ3v) is 3.51. The van der Waals surface area contributed by atoms with Crippen LogP contribution in [0.2, 0.25) is 0 Å². The molecule has 0 saturated heterocycles. The van der Waals surface area contributed by atoms with Crippen LogP contribution in [0, 0.1) is 0 Å². The molecule has 3 aromatic rings. The summed E-state index contributed by atoms with van der Waals surface area (Å²) >= 11 is 3.40. The molecule has 4 nitrogen and oxygen atoms in total. The minimum absolute atomic E-state index is 0.480. The van der Waals surface area contributed by atoms with Gasteiger partial charge in [-0.2, -0.15) is 0 Å². The van der Waals surface area contributed by atoms with Crippen molar-refractivity contribution >= 4 is 15.9 Å². The zero-order valence-electron chi connectivity index (χ0n) is 11.7. The van der Waals surface area contributed by atoms with Gasteiger partial charge in [-0.25, -0.2) is 0 Å². The average molecular weight is 357 g/mol. The summed E-state index contributed by atoms with van der Waals surface area (Å²) in [6.07, 6.45) is 1.70. The molecule has 0 amide bonds. The van der Waals surface area contributed by atoms with E-state index in [-0.39, 0.29) is 0 Å². The fourth-order valence-electron chi connectivity index (χ4n) is 1.90. The first-order chi connectivity index (χ1) is 10.8. The molecule has 110 valence electrons. The van der Waals surface area contributed by atoms with E-state index >= 15 is 0 Å². The Hall–Kier alpha value is -2.40. The Morgan fingerprint density at radius 1 is 0.955 bits per heavy atom. The van der Waals surface area contributed by atoms with Gasteiger partial charge in [0.25, 0.3) is 0 Å². The van der Waals surface area contributed by atoms with Crippen LogP contribution in [0.1, 0.15) is 0 Å². The highest BCUT2D eigenvalue weighted by Crippen LogP contribution is 2.26. The molecule has 0 N–H and O–H groups in total. The SMILES string of the molecule is C=CCOc1ccc(-c2nnc(-c3ccc(Br)cc3)o2)cc1. The van der Waals surface area contributed by atoms with E-state index in [9.17, 15) is 0 Å². The molecule has 3 rings (SSSR count). The van der Waals surface area contributed by atoms with E-state index in [0.717, 1.165) is 21.3 Å². The van der Waals surface area contributed by atoms with Gasteiger partial charge in [0.1, 0.15) is 12.4 Å². The lowest BCUT2D eigenvalue weighted by Crippen LogP contribution is -1.92. The Labute approximate surface area is 136 Å². The average Bonchev–Trinajstić information content (AvgIpc) is 3.04. The highest BCUT2D eigenvalue weighted by atomic mass is 79.9. The second kappa shape index (κ2) is 6.58. The van der Waals surface area contributed by atoms with Gasteiger partial charge in [-0.15, -0.1) is 10.2 Å². The second-order valence-electron chi connectivity index (χ2n) is 4.54. The summed E-state index contributed by atoms with van der Waals surface area (Å²) < 4.78 is 12.2. The number of hydrogen-bond acceptors (Lipinski definition) is 4. The highest BCUT2D eigenvalue weighted by molar-refractivity contribution is 9.10. The Balaban J connectivity index is 1.81. The summed E-state index contributed by atoms with van der Waals surface area (Å²) in [6, 6.07) is 15.2. The first kappa shape index (κ1) is 14.5. The Morgan fingerprint density at radius 2 is 1.50 bits per heavy atom. The predicted octanol–water partition coefficient (Wildman–Crippen LogP) is 4.73. The molecule has 0 spiro atoms. The van der Waals surface area contributed by atoms with E-state index in [1.54, 1.807) is 6.08 Å². The van der Waals surface area contributed by atoms with Crippen molar-refractivity contribution in [3.8, 4) is 28.7 Å². The minimum Gasteiger partial charge on any atom is -0.490 e. The van der Waals surface area contributed by atoms with E-state index in [1.165, 1.54) is 0 Å². The van der Waals surface area contributed by atoms with Gasteiger partial charge in [0.15, 0.2) is 0 Å². The quantitative estimate of drug-likeness (QED) is 0.620. The van der Waals surface area contributed by atoms with Gasteiger partial charge in [-0.1, -0.05) is 28.6 Å². The predicted molar refractivity (Wildman–Crippen MR) is 88.6 cm³/mol. The van der Waals surface area contributed by atoms with Crippen LogP contribution in [0.5, 0.6) is 5.75 Å². The maximum absolute atomic E-state index is 5.72. The van der Waals surface area contributed by atoms with Crippen LogP contribution in [0.15, 0.2) is 70.1 Å². The first-order valence-corrected chi connectivity index (χ1v) is 7.49. The molecular weight excluding hydrogens is 344 g/mol. The van der Waals surface area contributed by atoms with Crippen LogP contribution in [-0.4, -0.2) is 16.8 Å². The third kappa shape index (κ3) is 3.26. The molecule has 0 radical (unpaired) electrons. The fourth-order valence-corrected chi connectivity index (χ4v) is 2.16. The number of aromatic nitrogens is 2. The number of nitrogens with zero attached hydrogens (tertiary/aromatic N) is 2. The molecule has 22 heavy (non-hydrogen) atoms. The van der Waals surface area contributed by atoms with Gasteiger partial charge < -0.3 is 9.15 Å². The molecule has 1 heterocycles. The molecule has 0 atom stereocenters. The number of benzene rings is 2. The number of rotatable bonds is 5. The van der Waals surface area contributed by atoms with Crippen molar-refractivity contribution in [2.75, 3.05) is 6.61 Å². The Morgan fingerprint density at radius 3 is 2.05 bits per heavy atom. The lowest BCUT2D eigenvalue weighted by atomic mass is 10.2. The van der Waals surface area contributed by atoms with Crippen LogP contribution in [-0.2, 0) is 0 Å². The molecule has 1 aromatic heterocycles. The maximum Gasteiger partial charge on any atom is 0.248 e. The second-order valence-corrected chi connectivity index (χ2v) is 5.46. The third-order valence-electron chi connectivity index (χ3n) is 2.99. The van der Waals surface area contributed by atoms with Crippen LogP contribution in [0.4, 0.5) is 0 Å². The standard InChI is InChI=1S/C17H13BrN2O2/c1-2-11-21-15-9-5-13(6-10-15)17-20-19-16(22-17)12-3-7-14(18)8-4-12/h2-10H,1,11H2. The molecule has 0 fully saturated rings. The van der Waals surface area contributed by atoms with Crippen molar-refractivity contribution in [2.45, 2.75) is 0 Å².